The standard InChI is InChI=1S/C13H26N2/c1-11-13(7-8-14-11)10-15(2)9-12-5-3-4-6-12/h11-14H,3-10H2,1-2H3. The van der Waals surface area contributed by atoms with Gasteiger partial charge in [0, 0.05) is 19.1 Å². The zero-order chi connectivity index (χ0) is 10.7. The van der Waals surface area contributed by atoms with Crippen LogP contribution in [-0.2, 0) is 0 Å². The lowest BCUT2D eigenvalue weighted by molar-refractivity contribution is 0.231. The summed E-state index contributed by atoms with van der Waals surface area (Å²) < 4.78 is 0. The van der Waals surface area contributed by atoms with Gasteiger partial charge in [0.1, 0.15) is 0 Å². The first-order valence-electron chi connectivity index (χ1n) is 6.67. The molecule has 1 N–H and O–H groups in total. The Bertz CT molecular complexity index is 187. The van der Waals surface area contributed by atoms with E-state index in [0.717, 1.165) is 17.9 Å². The fourth-order valence-electron chi connectivity index (χ4n) is 3.27. The maximum absolute atomic E-state index is 3.54. The summed E-state index contributed by atoms with van der Waals surface area (Å²) >= 11 is 0. The van der Waals surface area contributed by atoms with E-state index < -0.39 is 0 Å². The van der Waals surface area contributed by atoms with Crippen LogP contribution in [0.5, 0.6) is 0 Å². The first-order chi connectivity index (χ1) is 7.25. The Morgan fingerprint density at radius 2 is 1.87 bits per heavy atom. The highest BCUT2D eigenvalue weighted by atomic mass is 15.1. The molecule has 0 spiro atoms. The first kappa shape index (κ1) is 11.4. The Morgan fingerprint density at radius 3 is 2.47 bits per heavy atom. The number of nitrogens with one attached hydrogen (secondary N) is 1. The van der Waals surface area contributed by atoms with E-state index in [4.69, 9.17) is 0 Å². The van der Waals surface area contributed by atoms with Gasteiger partial charge in [0.2, 0.25) is 0 Å². The summed E-state index contributed by atoms with van der Waals surface area (Å²) in [6.45, 7) is 6.19. The maximum atomic E-state index is 3.54. The molecule has 0 radical (unpaired) electrons. The molecule has 15 heavy (non-hydrogen) atoms. The van der Waals surface area contributed by atoms with Crippen LogP contribution in [0.4, 0.5) is 0 Å². The fourth-order valence-corrected chi connectivity index (χ4v) is 3.27. The van der Waals surface area contributed by atoms with Crippen molar-refractivity contribution in [2.24, 2.45) is 11.8 Å². The van der Waals surface area contributed by atoms with E-state index in [0.29, 0.717) is 0 Å². The Labute approximate surface area is 94.4 Å². The van der Waals surface area contributed by atoms with Gasteiger partial charge in [-0.05, 0) is 51.6 Å². The van der Waals surface area contributed by atoms with Crippen LogP contribution in [0.2, 0.25) is 0 Å². The molecule has 88 valence electrons. The molecule has 1 saturated heterocycles. The minimum absolute atomic E-state index is 0.732. The molecule has 2 atom stereocenters. The summed E-state index contributed by atoms with van der Waals surface area (Å²) in [6.07, 6.45) is 7.27. The topological polar surface area (TPSA) is 15.3 Å². The molecule has 0 aromatic heterocycles. The van der Waals surface area contributed by atoms with Gasteiger partial charge >= 0.3 is 0 Å². The lowest BCUT2D eigenvalue weighted by Gasteiger charge is -2.25. The molecule has 0 amide bonds. The third-order valence-corrected chi connectivity index (χ3v) is 4.28. The average molecular weight is 210 g/mol. The second-order valence-corrected chi connectivity index (χ2v) is 5.66. The molecule has 1 aliphatic carbocycles. The van der Waals surface area contributed by atoms with Crippen molar-refractivity contribution >= 4 is 0 Å². The number of nitrogens with zero attached hydrogens (tertiary/aromatic N) is 1. The molecule has 2 aliphatic rings. The van der Waals surface area contributed by atoms with Gasteiger partial charge in [-0.1, -0.05) is 12.8 Å². The lowest BCUT2D eigenvalue weighted by atomic mass is 10.0. The fraction of sp³-hybridized carbons (Fsp3) is 1.00. The Hall–Kier alpha value is -0.0800. The zero-order valence-corrected chi connectivity index (χ0v) is 10.3. The first-order valence-corrected chi connectivity index (χ1v) is 6.67. The van der Waals surface area contributed by atoms with E-state index >= 15 is 0 Å². The zero-order valence-electron chi connectivity index (χ0n) is 10.3. The second kappa shape index (κ2) is 5.31. The number of hydrogen-bond donors (Lipinski definition) is 1. The van der Waals surface area contributed by atoms with Crippen molar-refractivity contribution in [3.63, 3.8) is 0 Å². The molecule has 1 heterocycles. The van der Waals surface area contributed by atoms with E-state index in [1.807, 2.05) is 0 Å². The van der Waals surface area contributed by atoms with E-state index in [1.165, 1.54) is 51.7 Å². The van der Waals surface area contributed by atoms with Gasteiger partial charge in [0.25, 0.3) is 0 Å². The predicted octanol–water partition coefficient (Wildman–Crippen LogP) is 2.11. The third-order valence-electron chi connectivity index (χ3n) is 4.28. The van der Waals surface area contributed by atoms with Crippen LogP contribution in [0.15, 0.2) is 0 Å². The molecule has 2 heteroatoms. The van der Waals surface area contributed by atoms with E-state index in [-0.39, 0.29) is 0 Å². The van der Waals surface area contributed by atoms with Crippen molar-refractivity contribution in [1.29, 1.82) is 0 Å². The quantitative estimate of drug-likeness (QED) is 0.764. The predicted molar refractivity (Wildman–Crippen MR) is 65.0 cm³/mol. The van der Waals surface area contributed by atoms with Gasteiger partial charge in [-0.25, -0.2) is 0 Å². The SMILES string of the molecule is CC1NCCC1CN(C)CC1CCCC1. The highest BCUT2D eigenvalue weighted by Crippen LogP contribution is 2.26. The van der Waals surface area contributed by atoms with Crippen LogP contribution in [-0.4, -0.2) is 37.6 Å². The van der Waals surface area contributed by atoms with Gasteiger partial charge in [0.15, 0.2) is 0 Å². The number of rotatable bonds is 4. The van der Waals surface area contributed by atoms with Crippen molar-refractivity contribution in [1.82, 2.24) is 10.2 Å². The van der Waals surface area contributed by atoms with Crippen molar-refractivity contribution in [3.05, 3.63) is 0 Å². The van der Waals surface area contributed by atoms with Crippen LogP contribution in [0, 0.1) is 11.8 Å². The molecule has 2 unspecified atom stereocenters. The van der Waals surface area contributed by atoms with Crippen molar-refractivity contribution in [3.8, 4) is 0 Å². The third kappa shape index (κ3) is 3.18. The molecular weight excluding hydrogens is 184 g/mol. The van der Waals surface area contributed by atoms with Crippen molar-refractivity contribution in [2.45, 2.75) is 45.1 Å². The van der Waals surface area contributed by atoms with Gasteiger partial charge in [-0.15, -0.1) is 0 Å². The molecule has 0 aromatic carbocycles. The van der Waals surface area contributed by atoms with E-state index in [2.05, 4.69) is 24.2 Å². The maximum Gasteiger partial charge on any atom is 0.00796 e. The van der Waals surface area contributed by atoms with E-state index in [1.54, 1.807) is 0 Å². The summed E-state index contributed by atoms with van der Waals surface area (Å²) in [5.74, 6) is 1.89. The summed E-state index contributed by atoms with van der Waals surface area (Å²) in [5.41, 5.74) is 0. The van der Waals surface area contributed by atoms with Crippen LogP contribution in [0.25, 0.3) is 0 Å². The Kier molecular flexibility index (Phi) is 4.04. The summed E-state index contributed by atoms with van der Waals surface area (Å²) in [5, 5.41) is 3.54. The largest absolute Gasteiger partial charge is 0.314 e. The van der Waals surface area contributed by atoms with Gasteiger partial charge in [0.05, 0.1) is 0 Å². The Morgan fingerprint density at radius 1 is 1.13 bits per heavy atom. The highest BCUT2D eigenvalue weighted by molar-refractivity contribution is 4.82. The molecule has 1 aliphatic heterocycles. The van der Waals surface area contributed by atoms with Crippen molar-refractivity contribution < 1.29 is 0 Å². The van der Waals surface area contributed by atoms with Crippen molar-refractivity contribution in [2.75, 3.05) is 26.7 Å². The van der Waals surface area contributed by atoms with Crippen LogP contribution < -0.4 is 5.32 Å². The molecule has 2 nitrogen and oxygen atoms in total. The normalized spacial score (nSPS) is 33.0. The minimum Gasteiger partial charge on any atom is -0.314 e. The van der Waals surface area contributed by atoms with Gasteiger partial charge in [-0.3, -0.25) is 0 Å². The lowest BCUT2D eigenvalue weighted by Crippen LogP contribution is -2.34. The number of hydrogen-bond acceptors (Lipinski definition) is 2. The monoisotopic (exact) mass is 210 g/mol. The molecule has 1 saturated carbocycles. The van der Waals surface area contributed by atoms with Crippen LogP contribution in [0.1, 0.15) is 39.0 Å². The molecular formula is C13H26N2. The summed E-state index contributed by atoms with van der Waals surface area (Å²) in [6, 6.07) is 0.732. The summed E-state index contributed by atoms with van der Waals surface area (Å²) in [7, 11) is 2.31. The van der Waals surface area contributed by atoms with Gasteiger partial charge < -0.3 is 10.2 Å². The molecule has 2 rings (SSSR count). The highest BCUT2D eigenvalue weighted by Gasteiger charge is 2.25. The summed E-state index contributed by atoms with van der Waals surface area (Å²) in [4.78, 5) is 2.57. The Balaban J connectivity index is 1.69. The van der Waals surface area contributed by atoms with Crippen LogP contribution in [0.3, 0.4) is 0 Å². The molecule has 0 bridgehead atoms. The van der Waals surface area contributed by atoms with Crippen LogP contribution >= 0.6 is 0 Å². The average Bonchev–Trinajstić information content (AvgIpc) is 2.79. The van der Waals surface area contributed by atoms with E-state index in [9.17, 15) is 0 Å². The smallest absolute Gasteiger partial charge is 0.00796 e. The van der Waals surface area contributed by atoms with Gasteiger partial charge in [-0.2, -0.15) is 0 Å². The molecule has 2 fully saturated rings. The second-order valence-electron chi connectivity index (χ2n) is 5.66. The minimum atomic E-state index is 0.732. The molecule has 0 aromatic rings.